The van der Waals surface area contributed by atoms with Crippen LogP contribution in [0.25, 0.3) is 0 Å². The number of ether oxygens (including phenoxy) is 1. The molecule has 8 heteroatoms. The molecule has 0 fully saturated rings. The predicted octanol–water partition coefficient (Wildman–Crippen LogP) is 1.01. The van der Waals surface area contributed by atoms with Crippen molar-refractivity contribution < 1.29 is 14.3 Å². The molecular formula is C15H18N4O3S. The van der Waals surface area contributed by atoms with Gasteiger partial charge in [-0.1, -0.05) is 16.6 Å². The molecule has 0 radical (unpaired) electrons. The smallest absolute Gasteiger partial charge is 0.264 e. The van der Waals surface area contributed by atoms with E-state index < -0.39 is 11.8 Å². The first-order valence-corrected chi connectivity index (χ1v) is 7.94. The lowest BCUT2D eigenvalue weighted by molar-refractivity contribution is -0.121. The van der Waals surface area contributed by atoms with Crippen LogP contribution in [0.3, 0.4) is 0 Å². The monoisotopic (exact) mass is 334 g/mol. The Labute approximate surface area is 138 Å². The van der Waals surface area contributed by atoms with Crippen LogP contribution in [-0.4, -0.2) is 34.6 Å². The predicted molar refractivity (Wildman–Crippen MR) is 86.2 cm³/mol. The first-order chi connectivity index (χ1) is 11.1. The highest BCUT2D eigenvalue weighted by Gasteiger charge is 2.18. The van der Waals surface area contributed by atoms with Crippen LogP contribution in [0, 0.1) is 5.92 Å². The fraction of sp³-hybridized carbons (Fsp3) is 0.333. The summed E-state index contributed by atoms with van der Waals surface area (Å²) in [6, 6.07) is 7.46. The Morgan fingerprint density at radius 3 is 2.65 bits per heavy atom. The van der Waals surface area contributed by atoms with Crippen LogP contribution in [0.5, 0.6) is 5.75 Å². The molecule has 122 valence electrons. The number of hydrogen-bond acceptors (Lipinski definition) is 6. The second kappa shape index (κ2) is 8.23. The van der Waals surface area contributed by atoms with E-state index in [4.69, 9.17) is 10.5 Å². The second-order valence-electron chi connectivity index (χ2n) is 4.87. The first kappa shape index (κ1) is 16.9. The maximum Gasteiger partial charge on any atom is 0.264 e. The number of aromatic nitrogens is 2. The first-order valence-electron chi connectivity index (χ1n) is 7.16. The van der Waals surface area contributed by atoms with Gasteiger partial charge in [0.2, 0.25) is 5.91 Å². The van der Waals surface area contributed by atoms with Crippen LogP contribution in [0.1, 0.15) is 22.2 Å². The van der Waals surface area contributed by atoms with E-state index in [1.165, 1.54) is 6.20 Å². The van der Waals surface area contributed by atoms with Crippen LogP contribution in [-0.2, 0) is 11.2 Å². The van der Waals surface area contributed by atoms with Gasteiger partial charge in [-0.25, -0.2) is 0 Å². The quantitative estimate of drug-likeness (QED) is 0.749. The third kappa shape index (κ3) is 5.03. The van der Waals surface area contributed by atoms with Gasteiger partial charge in [-0.2, -0.15) is 0 Å². The number of benzene rings is 1. The highest BCUT2D eigenvalue weighted by molar-refractivity contribution is 7.07. The number of amides is 2. The van der Waals surface area contributed by atoms with Gasteiger partial charge in [-0.15, -0.1) is 5.10 Å². The third-order valence-electron chi connectivity index (χ3n) is 3.21. The van der Waals surface area contributed by atoms with Gasteiger partial charge in [0.1, 0.15) is 10.6 Å². The fourth-order valence-corrected chi connectivity index (χ4v) is 2.45. The zero-order chi connectivity index (χ0) is 16.7. The SMILES string of the molecule is CCOc1ccc(C[C@@H](CNC(=O)c2cnns2)C(N)=O)cc1. The Kier molecular flexibility index (Phi) is 6.04. The fourth-order valence-electron chi connectivity index (χ4n) is 2.02. The van der Waals surface area contributed by atoms with Gasteiger partial charge in [0.15, 0.2) is 0 Å². The van der Waals surface area contributed by atoms with E-state index in [9.17, 15) is 9.59 Å². The van der Waals surface area contributed by atoms with E-state index in [1.54, 1.807) is 0 Å². The third-order valence-corrected chi connectivity index (χ3v) is 3.88. The second-order valence-corrected chi connectivity index (χ2v) is 5.66. The van der Waals surface area contributed by atoms with Crippen LogP contribution in [0.2, 0.25) is 0 Å². The number of nitrogens with two attached hydrogens (primary N) is 1. The Morgan fingerprint density at radius 2 is 2.09 bits per heavy atom. The molecule has 2 rings (SSSR count). The van der Waals surface area contributed by atoms with Crippen molar-refractivity contribution in [2.24, 2.45) is 11.7 Å². The van der Waals surface area contributed by atoms with E-state index in [0.29, 0.717) is 17.9 Å². The van der Waals surface area contributed by atoms with Gasteiger partial charge in [0.25, 0.3) is 5.91 Å². The van der Waals surface area contributed by atoms with E-state index >= 15 is 0 Å². The topological polar surface area (TPSA) is 107 Å². The minimum Gasteiger partial charge on any atom is -0.494 e. The minimum atomic E-state index is -0.488. The molecule has 1 aromatic heterocycles. The summed E-state index contributed by atoms with van der Waals surface area (Å²) in [5.74, 6) is -0.477. The maximum absolute atomic E-state index is 11.9. The van der Waals surface area contributed by atoms with Crippen molar-refractivity contribution in [2.45, 2.75) is 13.3 Å². The average Bonchev–Trinajstić information content (AvgIpc) is 3.07. The molecule has 7 nitrogen and oxygen atoms in total. The standard InChI is InChI=1S/C15H18N4O3S/c1-2-22-12-5-3-10(4-6-12)7-11(14(16)20)8-17-15(21)13-9-18-19-23-13/h3-6,9,11H,2,7-8H2,1H3,(H2,16,20)(H,17,21)/t11-/m0/s1. The number of nitrogens with one attached hydrogen (secondary N) is 1. The number of hydrogen-bond donors (Lipinski definition) is 2. The summed E-state index contributed by atoms with van der Waals surface area (Å²) in [6.45, 7) is 2.68. The molecule has 2 amide bonds. The van der Waals surface area contributed by atoms with E-state index in [0.717, 1.165) is 22.8 Å². The van der Waals surface area contributed by atoms with Gasteiger partial charge in [0, 0.05) is 6.54 Å². The summed E-state index contributed by atoms with van der Waals surface area (Å²) in [7, 11) is 0. The Bertz CT molecular complexity index is 643. The van der Waals surface area contributed by atoms with Gasteiger partial charge < -0.3 is 15.8 Å². The average molecular weight is 334 g/mol. The normalized spacial score (nSPS) is 11.7. The molecular weight excluding hydrogens is 316 g/mol. The molecule has 23 heavy (non-hydrogen) atoms. The zero-order valence-corrected chi connectivity index (χ0v) is 13.5. The summed E-state index contributed by atoms with van der Waals surface area (Å²) < 4.78 is 9.00. The van der Waals surface area contributed by atoms with Crippen molar-refractivity contribution in [1.29, 1.82) is 0 Å². The molecule has 1 heterocycles. The zero-order valence-electron chi connectivity index (χ0n) is 12.7. The summed E-state index contributed by atoms with van der Waals surface area (Å²) >= 11 is 0.998. The number of carbonyl (C=O) groups excluding carboxylic acids is 2. The van der Waals surface area contributed by atoms with Crippen LogP contribution < -0.4 is 15.8 Å². The maximum atomic E-state index is 11.9. The van der Waals surface area contributed by atoms with Gasteiger partial charge in [-0.05, 0) is 42.6 Å². The number of rotatable bonds is 8. The summed E-state index contributed by atoms with van der Waals surface area (Å²) in [6.07, 6.45) is 1.83. The highest BCUT2D eigenvalue weighted by atomic mass is 32.1. The molecule has 1 atom stereocenters. The van der Waals surface area contributed by atoms with E-state index in [1.807, 2.05) is 31.2 Å². The molecule has 0 saturated heterocycles. The highest BCUT2D eigenvalue weighted by Crippen LogP contribution is 2.15. The van der Waals surface area contributed by atoms with Crippen molar-refractivity contribution in [3.8, 4) is 5.75 Å². The van der Waals surface area contributed by atoms with E-state index in [2.05, 4.69) is 14.9 Å². The molecule has 2 aromatic rings. The van der Waals surface area contributed by atoms with Gasteiger partial charge >= 0.3 is 0 Å². The lowest BCUT2D eigenvalue weighted by Gasteiger charge is -2.14. The molecule has 1 aromatic carbocycles. The summed E-state index contributed by atoms with van der Waals surface area (Å²) in [5.41, 5.74) is 6.38. The number of nitrogens with zero attached hydrogens (tertiary/aromatic N) is 2. The minimum absolute atomic E-state index is 0.166. The molecule has 0 unspecified atom stereocenters. The van der Waals surface area contributed by atoms with Crippen molar-refractivity contribution in [2.75, 3.05) is 13.2 Å². The molecule has 3 N–H and O–H groups in total. The van der Waals surface area contributed by atoms with Crippen molar-refractivity contribution in [3.63, 3.8) is 0 Å². The molecule has 0 aliphatic rings. The molecule has 0 bridgehead atoms. The van der Waals surface area contributed by atoms with Crippen molar-refractivity contribution >= 4 is 23.3 Å². The molecule has 0 saturated carbocycles. The molecule has 0 aliphatic carbocycles. The number of primary amides is 1. The van der Waals surface area contributed by atoms with Gasteiger partial charge in [-0.3, -0.25) is 9.59 Å². The molecule has 0 aliphatic heterocycles. The lowest BCUT2D eigenvalue weighted by atomic mass is 9.98. The summed E-state index contributed by atoms with van der Waals surface area (Å²) in [5, 5.41) is 6.29. The summed E-state index contributed by atoms with van der Waals surface area (Å²) in [4.78, 5) is 23.8. The largest absolute Gasteiger partial charge is 0.494 e. The Hall–Kier alpha value is -2.48. The lowest BCUT2D eigenvalue weighted by Crippen LogP contribution is -2.37. The van der Waals surface area contributed by atoms with E-state index in [-0.39, 0.29) is 12.5 Å². The van der Waals surface area contributed by atoms with Crippen LogP contribution in [0.4, 0.5) is 0 Å². The number of carbonyl (C=O) groups is 2. The molecule has 0 spiro atoms. The van der Waals surface area contributed by atoms with Crippen molar-refractivity contribution in [3.05, 3.63) is 40.9 Å². The van der Waals surface area contributed by atoms with Gasteiger partial charge in [0.05, 0.1) is 18.7 Å². The van der Waals surface area contributed by atoms with Crippen LogP contribution >= 0.6 is 11.5 Å². The Balaban J connectivity index is 1.93. The van der Waals surface area contributed by atoms with Crippen LogP contribution in [0.15, 0.2) is 30.5 Å². The van der Waals surface area contributed by atoms with Crippen molar-refractivity contribution in [1.82, 2.24) is 14.9 Å². The Morgan fingerprint density at radius 1 is 1.35 bits per heavy atom.